The first-order valence-corrected chi connectivity index (χ1v) is 7.52. The molecule has 0 aromatic carbocycles. The molecule has 5 nitrogen and oxygen atoms in total. The number of ether oxygens (including phenoxy) is 1. The van der Waals surface area contributed by atoms with E-state index in [9.17, 15) is 14.9 Å². The van der Waals surface area contributed by atoms with E-state index >= 15 is 0 Å². The Hall–Kier alpha value is -0.845. The van der Waals surface area contributed by atoms with Gasteiger partial charge in [0.15, 0.2) is 0 Å². The Morgan fingerprint density at radius 1 is 1.43 bits per heavy atom. The third kappa shape index (κ3) is 4.83. The summed E-state index contributed by atoms with van der Waals surface area (Å²) in [4.78, 5) is 11.7. The smallest absolute Gasteiger partial charge is 0.466 e. The van der Waals surface area contributed by atoms with Gasteiger partial charge in [-0.1, -0.05) is 6.08 Å². The van der Waals surface area contributed by atoms with Crippen molar-refractivity contribution in [3.63, 3.8) is 0 Å². The largest absolute Gasteiger partial charge is 0.487 e. The number of carbonyl (C=O) groups excluding carboxylic acids is 1. The molecule has 0 saturated heterocycles. The first kappa shape index (κ1) is 18.2. The molecule has 0 aromatic heterocycles. The van der Waals surface area contributed by atoms with Crippen LogP contribution in [0.3, 0.4) is 0 Å². The zero-order valence-electron chi connectivity index (χ0n) is 13.7. The Balaban J connectivity index is 2.62. The zero-order chi connectivity index (χ0) is 16.3. The topological polar surface area (TPSA) is 76.0 Å². The molecule has 6 heteroatoms. The van der Waals surface area contributed by atoms with Crippen LogP contribution < -0.4 is 0 Å². The summed E-state index contributed by atoms with van der Waals surface area (Å²) in [5.74, 6) is -0.316. The molecule has 0 aliphatic heterocycles. The van der Waals surface area contributed by atoms with Crippen molar-refractivity contribution in [3.05, 3.63) is 11.5 Å². The third-order valence-corrected chi connectivity index (χ3v) is 4.26. The normalized spacial score (nSPS) is 20.0. The molecule has 0 aromatic rings. The van der Waals surface area contributed by atoms with Gasteiger partial charge < -0.3 is 19.5 Å². The van der Waals surface area contributed by atoms with E-state index in [0.29, 0.717) is 25.9 Å². The Bertz CT molecular complexity index is 397. The number of carbonyl (C=O) groups is 1. The second kappa shape index (κ2) is 6.94. The monoisotopic (exact) mass is 298 g/mol. The van der Waals surface area contributed by atoms with Crippen LogP contribution >= 0.6 is 0 Å². The Morgan fingerprint density at radius 3 is 2.48 bits per heavy atom. The molecule has 0 fully saturated rings. The Labute approximate surface area is 127 Å². The minimum atomic E-state index is -1.07. The maximum Gasteiger partial charge on any atom is 0.487 e. The molecule has 1 aliphatic carbocycles. The summed E-state index contributed by atoms with van der Waals surface area (Å²) >= 11 is 0. The van der Waals surface area contributed by atoms with Gasteiger partial charge in [0.25, 0.3) is 0 Å². The molecule has 2 N–H and O–H groups in total. The molecule has 0 radical (unpaired) electrons. The lowest BCUT2D eigenvalue weighted by Gasteiger charge is -2.39. The molecule has 0 amide bonds. The van der Waals surface area contributed by atoms with E-state index in [0.717, 1.165) is 5.47 Å². The second-order valence-corrected chi connectivity index (χ2v) is 6.54. The van der Waals surface area contributed by atoms with Gasteiger partial charge >= 0.3 is 13.1 Å². The van der Waals surface area contributed by atoms with Crippen LogP contribution in [0.25, 0.3) is 0 Å². The molecule has 1 atom stereocenters. The quantitative estimate of drug-likeness (QED) is 0.578. The van der Waals surface area contributed by atoms with Gasteiger partial charge in [-0.25, -0.2) is 0 Å². The summed E-state index contributed by atoms with van der Waals surface area (Å²) in [7, 11) is -1.06. The average molecular weight is 298 g/mol. The van der Waals surface area contributed by atoms with Crippen molar-refractivity contribution < 1.29 is 24.3 Å². The average Bonchev–Trinajstić information content (AvgIpc) is 2.37. The highest BCUT2D eigenvalue weighted by atomic mass is 16.5. The van der Waals surface area contributed by atoms with Gasteiger partial charge in [0.1, 0.15) is 0 Å². The van der Waals surface area contributed by atoms with Crippen LogP contribution in [0.1, 0.15) is 53.9 Å². The molecule has 0 heterocycles. The summed E-state index contributed by atoms with van der Waals surface area (Å²) in [5, 5.41) is 20.2. The maximum absolute atomic E-state index is 11.7. The van der Waals surface area contributed by atoms with E-state index in [-0.39, 0.29) is 11.9 Å². The van der Waals surface area contributed by atoms with Crippen LogP contribution in [0.4, 0.5) is 0 Å². The first-order valence-electron chi connectivity index (χ1n) is 7.52. The van der Waals surface area contributed by atoms with Gasteiger partial charge in [-0.2, -0.15) is 0 Å². The number of aliphatic hydroxyl groups is 1. The molecule has 21 heavy (non-hydrogen) atoms. The lowest BCUT2D eigenvalue weighted by molar-refractivity contribution is -0.148. The lowest BCUT2D eigenvalue weighted by Crippen LogP contribution is -2.51. The first-order chi connectivity index (χ1) is 9.58. The van der Waals surface area contributed by atoms with E-state index in [1.54, 1.807) is 34.6 Å². The molecule has 1 rings (SSSR count). The number of esters is 1. The lowest BCUT2D eigenvalue weighted by atomic mass is 9.69. The van der Waals surface area contributed by atoms with Gasteiger partial charge in [0, 0.05) is 0 Å². The van der Waals surface area contributed by atoms with Crippen molar-refractivity contribution in [3.8, 4) is 0 Å². The zero-order valence-corrected chi connectivity index (χ0v) is 13.7. The molecule has 1 unspecified atom stereocenters. The van der Waals surface area contributed by atoms with Crippen LogP contribution in [-0.2, 0) is 14.2 Å². The second-order valence-electron chi connectivity index (χ2n) is 6.54. The standard InChI is InChI=1S/C15H27BO5/c1-6-20-13(17)11-7-9-12(10-8-11)16(19)21-15(4,5)14(2,3)18/h9,11,18-19H,6-8,10H2,1-5H3. The summed E-state index contributed by atoms with van der Waals surface area (Å²) in [5.41, 5.74) is -1.20. The minimum absolute atomic E-state index is 0.136. The fraction of sp³-hybridized carbons (Fsp3) is 0.800. The summed E-state index contributed by atoms with van der Waals surface area (Å²) in [6.07, 6.45) is 3.63. The van der Waals surface area contributed by atoms with Gasteiger partial charge in [-0.15, -0.1) is 0 Å². The van der Waals surface area contributed by atoms with Crippen molar-refractivity contribution in [2.45, 2.75) is 65.1 Å². The Morgan fingerprint density at radius 2 is 2.05 bits per heavy atom. The predicted molar refractivity (Wildman–Crippen MR) is 81.5 cm³/mol. The summed E-state index contributed by atoms with van der Waals surface area (Å²) in [6.45, 7) is 8.94. The van der Waals surface area contributed by atoms with Crippen molar-refractivity contribution in [2.24, 2.45) is 5.92 Å². The van der Waals surface area contributed by atoms with Gasteiger partial charge in [-0.3, -0.25) is 4.79 Å². The molecule has 120 valence electrons. The highest BCUT2D eigenvalue weighted by molar-refractivity contribution is 6.52. The highest BCUT2D eigenvalue weighted by Crippen LogP contribution is 2.30. The summed E-state index contributed by atoms with van der Waals surface area (Å²) < 4.78 is 10.6. The number of hydrogen-bond donors (Lipinski definition) is 2. The van der Waals surface area contributed by atoms with Crippen LogP contribution in [0.15, 0.2) is 11.5 Å². The number of hydrogen-bond acceptors (Lipinski definition) is 5. The van der Waals surface area contributed by atoms with Crippen molar-refractivity contribution in [1.29, 1.82) is 0 Å². The fourth-order valence-corrected chi connectivity index (χ4v) is 2.05. The molecule has 0 saturated carbocycles. The Kier molecular flexibility index (Phi) is 6.02. The molecular formula is C15H27BO5. The predicted octanol–water partition coefficient (Wildman–Crippen LogP) is 1.86. The molecule has 0 spiro atoms. The van der Waals surface area contributed by atoms with Crippen LogP contribution in [0, 0.1) is 5.92 Å². The van der Waals surface area contributed by atoms with Gasteiger partial charge in [0.05, 0.1) is 23.7 Å². The van der Waals surface area contributed by atoms with Gasteiger partial charge in [-0.05, 0) is 59.4 Å². The van der Waals surface area contributed by atoms with Crippen molar-refractivity contribution in [1.82, 2.24) is 0 Å². The van der Waals surface area contributed by atoms with Crippen LogP contribution in [-0.4, -0.2) is 41.0 Å². The molecular weight excluding hydrogens is 271 g/mol. The van der Waals surface area contributed by atoms with Gasteiger partial charge in [0.2, 0.25) is 0 Å². The molecule has 0 bridgehead atoms. The van der Waals surface area contributed by atoms with E-state index in [2.05, 4.69) is 0 Å². The third-order valence-electron chi connectivity index (χ3n) is 4.26. The molecule has 1 aliphatic rings. The highest BCUT2D eigenvalue weighted by Gasteiger charge is 2.40. The van der Waals surface area contributed by atoms with E-state index in [1.807, 2.05) is 6.08 Å². The van der Waals surface area contributed by atoms with Crippen LogP contribution in [0.5, 0.6) is 0 Å². The van der Waals surface area contributed by atoms with E-state index in [1.165, 1.54) is 0 Å². The van der Waals surface area contributed by atoms with Crippen molar-refractivity contribution >= 4 is 13.1 Å². The number of rotatable bonds is 6. The maximum atomic E-state index is 11.7. The fourth-order valence-electron chi connectivity index (χ4n) is 2.05. The summed E-state index contributed by atoms with van der Waals surface area (Å²) in [6, 6.07) is 0. The minimum Gasteiger partial charge on any atom is -0.466 e. The van der Waals surface area contributed by atoms with Crippen LogP contribution in [0.2, 0.25) is 0 Å². The van der Waals surface area contributed by atoms with E-state index < -0.39 is 18.3 Å². The number of allylic oxidation sites excluding steroid dienone is 2. The van der Waals surface area contributed by atoms with E-state index in [4.69, 9.17) is 9.39 Å². The SMILES string of the molecule is CCOC(=O)C1CC=C(B(O)OC(C)(C)C(C)(C)O)CC1. The van der Waals surface area contributed by atoms with Crippen molar-refractivity contribution in [2.75, 3.05) is 6.61 Å².